The van der Waals surface area contributed by atoms with Gasteiger partial charge in [0.05, 0.1) is 17.9 Å². The Bertz CT molecular complexity index is 865. The molecular weight excluding hydrogens is 348 g/mol. The number of carbonyl (C=O) groups is 3. The van der Waals surface area contributed by atoms with Gasteiger partial charge in [-0.2, -0.15) is 0 Å². The zero-order valence-corrected chi connectivity index (χ0v) is 14.9. The van der Waals surface area contributed by atoms with Crippen LogP contribution >= 0.6 is 0 Å². The van der Waals surface area contributed by atoms with E-state index in [2.05, 4.69) is 5.32 Å². The van der Waals surface area contributed by atoms with Crippen molar-refractivity contribution in [3.05, 3.63) is 54.1 Å². The average molecular weight is 368 g/mol. The fourth-order valence-electron chi connectivity index (χ4n) is 2.77. The third kappa shape index (κ3) is 4.44. The van der Waals surface area contributed by atoms with Crippen molar-refractivity contribution in [2.45, 2.75) is 13.3 Å². The van der Waals surface area contributed by atoms with Gasteiger partial charge in [-0.15, -0.1) is 0 Å². The van der Waals surface area contributed by atoms with Gasteiger partial charge in [-0.25, -0.2) is 4.79 Å². The standard InChI is InChI=1S/C20H20N2O5/c1-2-26-20(25)14-6-5-7-15(12-14)21-18(23)10-11-22-16-8-3-4-9-17(16)27-13-19(22)24/h3-9,12H,2,10-11,13H2,1H3,(H,21,23). The summed E-state index contributed by atoms with van der Waals surface area (Å²) in [5.74, 6) is -0.262. The summed E-state index contributed by atoms with van der Waals surface area (Å²) in [6.07, 6.45) is 0.115. The molecule has 1 heterocycles. The van der Waals surface area contributed by atoms with E-state index in [0.717, 1.165) is 0 Å². The Morgan fingerprint density at radius 2 is 2.00 bits per heavy atom. The number of anilines is 2. The molecular formula is C20H20N2O5. The van der Waals surface area contributed by atoms with Gasteiger partial charge in [0.25, 0.3) is 5.91 Å². The van der Waals surface area contributed by atoms with Gasteiger partial charge in [0.1, 0.15) is 5.75 Å². The highest BCUT2D eigenvalue weighted by Crippen LogP contribution is 2.31. The molecule has 0 spiro atoms. The van der Waals surface area contributed by atoms with Crippen molar-refractivity contribution in [3.63, 3.8) is 0 Å². The molecule has 3 rings (SSSR count). The Hall–Kier alpha value is -3.35. The molecule has 0 fully saturated rings. The monoisotopic (exact) mass is 368 g/mol. The van der Waals surface area contributed by atoms with Gasteiger partial charge in [0.2, 0.25) is 5.91 Å². The molecule has 0 saturated carbocycles. The SMILES string of the molecule is CCOC(=O)c1cccc(NC(=O)CCN2C(=O)COc3ccccc32)c1. The summed E-state index contributed by atoms with van der Waals surface area (Å²) in [7, 11) is 0. The predicted octanol–water partition coefficient (Wildman–Crippen LogP) is 2.62. The molecule has 0 aliphatic carbocycles. The maximum Gasteiger partial charge on any atom is 0.338 e. The third-order valence-electron chi connectivity index (χ3n) is 4.03. The lowest BCUT2D eigenvalue weighted by Gasteiger charge is -2.29. The van der Waals surface area contributed by atoms with Gasteiger partial charge in [-0.05, 0) is 37.3 Å². The highest BCUT2D eigenvalue weighted by Gasteiger charge is 2.25. The van der Waals surface area contributed by atoms with E-state index < -0.39 is 5.97 Å². The number of nitrogens with zero attached hydrogens (tertiary/aromatic N) is 1. The minimum atomic E-state index is -0.441. The molecule has 140 valence electrons. The summed E-state index contributed by atoms with van der Waals surface area (Å²) in [6, 6.07) is 13.8. The number of nitrogens with one attached hydrogen (secondary N) is 1. The van der Waals surface area contributed by atoms with Crippen LogP contribution in [-0.4, -0.2) is 37.5 Å². The fraction of sp³-hybridized carbons (Fsp3) is 0.250. The van der Waals surface area contributed by atoms with Crippen LogP contribution in [0.4, 0.5) is 11.4 Å². The van der Waals surface area contributed by atoms with Crippen LogP contribution in [0.2, 0.25) is 0 Å². The first-order chi connectivity index (χ1) is 13.1. The second-order valence-electron chi connectivity index (χ2n) is 5.90. The van der Waals surface area contributed by atoms with E-state index in [9.17, 15) is 14.4 Å². The van der Waals surface area contributed by atoms with E-state index in [4.69, 9.17) is 9.47 Å². The van der Waals surface area contributed by atoms with Crippen molar-refractivity contribution < 1.29 is 23.9 Å². The summed E-state index contributed by atoms with van der Waals surface area (Å²) < 4.78 is 10.3. The topological polar surface area (TPSA) is 84.9 Å². The highest BCUT2D eigenvalue weighted by atomic mass is 16.5. The second kappa shape index (κ2) is 8.35. The number of carbonyl (C=O) groups excluding carboxylic acids is 3. The van der Waals surface area contributed by atoms with Crippen LogP contribution in [0.25, 0.3) is 0 Å². The number of ether oxygens (including phenoxy) is 2. The molecule has 0 unspecified atom stereocenters. The number of hydrogen-bond acceptors (Lipinski definition) is 5. The molecule has 1 aliphatic rings. The van der Waals surface area contributed by atoms with Crippen LogP contribution in [0.1, 0.15) is 23.7 Å². The largest absolute Gasteiger partial charge is 0.482 e. The van der Waals surface area contributed by atoms with Gasteiger partial charge in [-0.3, -0.25) is 9.59 Å². The summed E-state index contributed by atoms with van der Waals surface area (Å²) in [5, 5.41) is 2.74. The number of fused-ring (bicyclic) bond motifs is 1. The van der Waals surface area contributed by atoms with Crippen LogP contribution in [0.15, 0.2) is 48.5 Å². The normalized spacial score (nSPS) is 12.8. The predicted molar refractivity (Wildman–Crippen MR) is 99.9 cm³/mol. The Morgan fingerprint density at radius 3 is 2.81 bits per heavy atom. The Balaban J connectivity index is 1.61. The molecule has 2 amide bonds. The molecule has 0 radical (unpaired) electrons. The van der Waals surface area contributed by atoms with Crippen LogP contribution in [0, 0.1) is 0 Å². The second-order valence-corrected chi connectivity index (χ2v) is 5.90. The number of benzene rings is 2. The van der Waals surface area contributed by atoms with Crippen molar-refractivity contribution >= 4 is 29.2 Å². The molecule has 1 N–H and O–H groups in total. The quantitative estimate of drug-likeness (QED) is 0.793. The van der Waals surface area contributed by atoms with Crippen molar-refractivity contribution in [2.75, 3.05) is 30.0 Å². The molecule has 27 heavy (non-hydrogen) atoms. The minimum absolute atomic E-state index is 0.0415. The zero-order chi connectivity index (χ0) is 19.2. The van der Waals surface area contributed by atoms with E-state index in [0.29, 0.717) is 22.7 Å². The van der Waals surface area contributed by atoms with E-state index in [1.165, 1.54) is 0 Å². The van der Waals surface area contributed by atoms with Crippen molar-refractivity contribution in [1.29, 1.82) is 0 Å². The Kier molecular flexibility index (Phi) is 5.71. The number of esters is 1. The molecule has 2 aromatic rings. The third-order valence-corrected chi connectivity index (χ3v) is 4.03. The number of amides is 2. The summed E-state index contributed by atoms with van der Waals surface area (Å²) >= 11 is 0. The van der Waals surface area contributed by atoms with Crippen LogP contribution in [-0.2, 0) is 14.3 Å². The van der Waals surface area contributed by atoms with Crippen LogP contribution < -0.4 is 15.0 Å². The van der Waals surface area contributed by atoms with Crippen LogP contribution in [0.3, 0.4) is 0 Å². The molecule has 0 atom stereocenters. The number of rotatable bonds is 6. The summed E-state index contributed by atoms with van der Waals surface area (Å²) in [5.41, 5.74) is 1.53. The molecule has 0 bridgehead atoms. The number of hydrogen-bond donors (Lipinski definition) is 1. The Morgan fingerprint density at radius 1 is 1.19 bits per heavy atom. The molecule has 7 nitrogen and oxygen atoms in total. The lowest BCUT2D eigenvalue weighted by Crippen LogP contribution is -2.40. The maximum absolute atomic E-state index is 12.3. The highest BCUT2D eigenvalue weighted by molar-refractivity contribution is 5.99. The lowest BCUT2D eigenvalue weighted by molar-refractivity contribution is -0.121. The smallest absolute Gasteiger partial charge is 0.338 e. The van der Waals surface area contributed by atoms with Gasteiger partial charge in [0.15, 0.2) is 6.61 Å². The van der Waals surface area contributed by atoms with Gasteiger partial charge in [0, 0.05) is 18.7 Å². The molecule has 0 saturated heterocycles. The maximum atomic E-state index is 12.3. The minimum Gasteiger partial charge on any atom is -0.482 e. The van der Waals surface area contributed by atoms with Gasteiger partial charge in [-0.1, -0.05) is 18.2 Å². The zero-order valence-electron chi connectivity index (χ0n) is 14.9. The van der Waals surface area contributed by atoms with E-state index in [1.807, 2.05) is 12.1 Å². The molecule has 7 heteroatoms. The van der Waals surface area contributed by atoms with Gasteiger partial charge < -0.3 is 19.7 Å². The Labute approximate surface area is 156 Å². The number of para-hydroxylation sites is 2. The first kappa shape index (κ1) is 18.4. The van der Waals surface area contributed by atoms with Crippen molar-refractivity contribution in [3.8, 4) is 5.75 Å². The summed E-state index contributed by atoms with van der Waals surface area (Å²) in [6.45, 7) is 2.21. The molecule has 2 aromatic carbocycles. The first-order valence-corrected chi connectivity index (χ1v) is 8.67. The van der Waals surface area contributed by atoms with Crippen molar-refractivity contribution in [1.82, 2.24) is 0 Å². The average Bonchev–Trinajstić information content (AvgIpc) is 2.67. The van der Waals surface area contributed by atoms with Crippen molar-refractivity contribution in [2.24, 2.45) is 0 Å². The molecule has 1 aliphatic heterocycles. The van der Waals surface area contributed by atoms with E-state index in [-0.39, 0.29) is 38.0 Å². The van der Waals surface area contributed by atoms with E-state index in [1.54, 1.807) is 48.2 Å². The van der Waals surface area contributed by atoms with Crippen LogP contribution in [0.5, 0.6) is 5.75 Å². The lowest BCUT2D eigenvalue weighted by atomic mass is 10.2. The first-order valence-electron chi connectivity index (χ1n) is 8.67. The fourth-order valence-corrected chi connectivity index (χ4v) is 2.77. The van der Waals surface area contributed by atoms with Gasteiger partial charge >= 0.3 is 5.97 Å². The summed E-state index contributed by atoms with van der Waals surface area (Å²) in [4.78, 5) is 37.7. The van der Waals surface area contributed by atoms with E-state index >= 15 is 0 Å². The molecule has 0 aromatic heterocycles.